The minimum Gasteiger partial charge on any atom is -0.508 e. The average Bonchev–Trinajstić information content (AvgIpc) is 2.95. The number of esters is 1. The fourth-order valence-electron chi connectivity index (χ4n) is 2.71. The van der Waals surface area contributed by atoms with Crippen LogP contribution in [0.1, 0.15) is 29.8 Å². The maximum absolute atomic E-state index is 12.3. The fourth-order valence-corrected chi connectivity index (χ4v) is 2.71. The molecule has 0 aliphatic rings. The van der Waals surface area contributed by atoms with Gasteiger partial charge < -0.3 is 14.6 Å². The van der Waals surface area contributed by atoms with E-state index in [1.54, 1.807) is 31.2 Å². The number of benzene rings is 2. The smallest absolute Gasteiger partial charge is 0.340 e. The van der Waals surface area contributed by atoms with E-state index >= 15 is 0 Å². The molecule has 0 spiro atoms. The number of carbonyl (C=O) groups excluding carboxylic acids is 1. The molecule has 6 nitrogen and oxygen atoms in total. The second kappa shape index (κ2) is 7.25. The van der Waals surface area contributed by atoms with Gasteiger partial charge in [0.25, 0.3) is 6.01 Å². The summed E-state index contributed by atoms with van der Waals surface area (Å²) in [4.78, 5) is 16.8. The molecule has 25 heavy (non-hydrogen) atoms. The van der Waals surface area contributed by atoms with Crippen molar-refractivity contribution >= 4 is 17.0 Å². The number of aromatic hydroxyl groups is 1. The average molecular weight is 340 g/mol. The number of phenols is 1. The third kappa shape index (κ3) is 3.42. The van der Waals surface area contributed by atoms with E-state index in [0.29, 0.717) is 42.4 Å². The number of phenolic OH excluding ortho intramolecular Hbond substituents is 1. The van der Waals surface area contributed by atoms with Crippen molar-refractivity contribution in [2.24, 2.45) is 0 Å². The van der Waals surface area contributed by atoms with Crippen LogP contribution in [-0.4, -0.2) is 33.8 Å². The molecule has 0 saturated carbocycles. The summed E-state index contributed by atoms with van der Waals surface area (Å²) in [7, 11) is 0. The van der Waals surface area contributed by atoms with Gasteiger partial charge in [-0.2, -0.15) is 4.98 Å². The number of nitrogens with zero attached hydrogens (tertiary/aromatic N) is 2. The van der Waals surface area contributed by atoms with E-state index in [9.17, 15) is 9.90 Å². The Hall–Kier alpha value is -3.02. The Balaban J connectivity index is 2.13. The van der Waals surface area contributed by atoms with E-state index in [0.717, 1.165) is 5.56 Å². The van der Waals surface area contributed by atoms with E-state index < -0.39 is 0 Å². The van der Waals surface area contributed by atoms with E-state index in [1.807, 2.05) is 29.7 Å². The van der Waals surface area contributed by atoms with Crippen LogP contribution in [0.25, 0.3) is 11.0 Å². The summed E-state index contributed by atoms with van der Waals surface area (Å²) >= 11 is 0. The van der Waals surface area contributed by atoms with Gasteiger partial charge in [-0.1, -0.05) is 18.2 Å². The summed E-state index contributed by atoms with van der Waals surface area (Å²) in [5, 5.41) is 9.46. The quantitative estimate of drug-likeness (QED) is 0.697. The molecule has 0 unspecified atom stereocenters. The highest BCUT2D eigenvalue weighted by Crippen LogP contribution is 2.27. The highest BCUT2D eigenvalue weighted by Gasteiger charge is 2.20. The molecule has 0 aliphatic carbocycles. The molecule has 2 aromatic carbocycles. The lowest BCUT2D eigenvalue weighted by atomic mass is 10.1. The van der Waals surface area contributed by atoms with Crippen LogP contribution in [0, 0.1) is 0 Å². The van der Waals surface area contributed by atoms with Gasteiger partial charge in [-0.25, -0.2) is 4.79 Å². The lowest BCUT2D eigenvalue weighted by Crippen LogP contribution is -2.10. The Morgan fingerprint density at radius 2 is 1.88 bits per heavy atom. The van der Waals surface area contributed by atoms with Crippen molar-refractivity contribution in [2.75, 3.05) is 13.2 Å². The van der Waals surface area contributed by atoms with Crippen molar-refractivity contribution in [3.8, 4) is 11.8 Å². The molecular formula is C19H20N2O4. The highest BCUT2D eigenvalue weighted by molar-refractivity contribution is 6.02. The summed E-state index contributed by atoms with van der Waals surface area (Å²) in [5.41, 5.74) is 2.76. The van der Waals surface area contributed by atoms with Gasteiger partial charge in [-0.05, 0) is 43.7 Å². The Morgan fingerprint density at radius 1 is 1.12 bits per heavy atom. The zero-order valence-corrected chi connectivity index (χ0v) is 14.2. The van der Waals surface area contributed by atoms with Gasteiger partial charge in [0.05, 0.1) is 36.4 Å². The normalized spacial score (nSPS) is 10.8. The van der Waals surface area contributed by atoms with Crippen molar-refractivity contribution in [3.63, 3.8) is 0 Å². The molecule has 1 N–H and O–H groups in total. The molecule has 0 amide bonds. The zero-order valence-electron chi connectivity index (χ0n) is 14.2. The maximum atomic E-state index is 12.3. The van der Waals surface area contributed by atoms with Crippen molar-refractivity contribution in [2.45, 2.75) is 20.4 Å². The predicted molar refractivity (Wildman–Crippen MR) is 94.1 cm³/mol. The summed E-state index contributed by atoms with van der Waals surface area (Å²) in [6, 6.07) is 12.7. The SMILES string of the molecule is CCOC(=O)c1cccc2nc(OCC)n(Cc3ccc(O)cc3)c12. The summed E-state index contributed by atoms with van der Waals surface area (Å²) < 4.78 is 12.7. The maximum Gasteiger partial charge on any atom is 0.340 e. The molecule has 3 aromatic rings. The molecule has 6 heteroatoms. The third-order valence-electron chi connectivity index (χ3n) is 3.78. The van der Waals surface area contributed by atoms with Crippen LogP contribution >= 0.6 is 0 Å². The van der Waals surface area contributed by atoms with E-state index in [1.165, 1.54) is 0 Å². The monoisotopic (exact) mass is 340 g/mol. The van der Waals surface area contributed by atoms with Crippen molar-refractivity contribution in [1.82, 2.24) is 9.55 Å². The number of para-hydroxylation sites is 1. The number of aromatic nitrogens is 2. The largest absolute Gasteiger partial charge is 0.508 e. The van der Waals surface area contributed by atoms with Crippen molar-refractivity contribution in [3.05, 3.63) is 53.6 Å². The second-order valence-electron chi connectivity index (χ2n) is 5.47. The van der Waals surface area contributed by atoms with Crippen LogP contribution in [0.15, 0.2) is 42.5 Å². The minimum absolute atomic E-state index is 0.205. The molecule has 3 rings (SSSR count). The Bertz CT molecular complexity index is 884. The van der Waals surface area contributed by atoms with E-state index in [-0.39, 0.29) is 11.7 Å². The molecule has 1 heterocycles. The van der Waals surface area contributed by atoms with Crippen molar-refractivity contribution in [1.29, 1.82) is 0 Å². The minimum atomic E-state index is -0.386. The molecule has 0 fully saturated rings. The summed E-state index contributed by atoms with van der Waals surface area (Å²) in [5.74, 6) is -0.181. The van der Waals surface area contributed by atoms with E-state index in [4.69, 9.17) is 9.47 Å². The summed E-state index contributed by atoms with van der Waals surface area (Å²) in [6.07, 6.45) is 0. The van der Waals surface area contributed by atoms with Crippen LogP contribution in [-0.2, 0) is 11.3 Å². The lowest BCUT2D eigenvalue weighted by molar-refractivity contribution is 0.0528. The van der Waals surface area contributed by atoms with Crippen molar-refractivity contribution < 1.29 is 19.4 Å². The molecule has 0 atom stereocenters. The molecule has 130 valence electrons. The van der Waals surface area contributed by atoms with Gasteiger partial charge in [0.1, 0.15) is 5.75 Å². The number of carbonyl (C=O) groups is 1. The van der Waals surface area contributed by atoms with Crippen LogP contribution in [0.5, 0.6) is 11.8 Å². The van der Waals surface area contributed by atoms with Crippen LogP contribution < -0.4 is 4.74 Å². The Labute approximate surface area is 145 Å². The molecule has 0 saturated heterocycles. The van der Waals surface area contributed by atoms with Gasteiger partial charge in [0.2, 0.25) is 0 Å². The second-order valence-corrected chi connectivity index (χ2v) is 5.47. The number of imidazole rings is 1. The van der Waals surface area contributed by atoms with Gasteiger partial charge >= 0.3 is 5.97 Å². The Morgan fingerprint density at radius 3 is 2.56 bits per heavy atom. The first-order valence-electron chi connectivity index (χ1n) is 8.21. The predicted octanol–water partition coefficient (Wildman–Crippen LogP) is 3.37. The topological polar surface area (TPSA) is 73.6 Å². The molecule has 1 aromatic heterocycles. The molecule has 0 aliphatic heterocycles. The van der Waals surface area contributed by atoms with Gasteiger partial charge in [-0.3, -0.25) is 4.57 Å². The summed E-state index contributed by atoms with van der Waals surface area (Å²) in [6.45, 7) is 4.89. The number of ether oxygens (including phenoxy) is 2. The van der Waals surface area contributed by atoms with Crippen LogP contribution in [0.2, 0.25) is 0 Å². The standard InChI is InChI=1S/C19H20N2O4/c1-3-24-18(23)15-6-5-7-16-17(15)21(19(20-16)25-4-2)12-13-8-10-14(22)11-9-13/h5-11,22H,3-4,12H2,1-2H3. The molecule has 0 radical (unpaired) electrons. The third-order valence-corrected chi connectivity index (χ3v) is 3.78. The zero-order chi connectivity index (χ0) is 17.8. The number of fused-ring (bicyclic) bond motifs is 1. The first-order valence-corrected chi connectivity index (χ1v) is 8.21. The number of rotatable bonds is 6. The molecular weight excluding hydrogens is 320 g/mol. The number of hydrogen-bond acceptors (Lipinski definition) is 5. The van der Waals surface area contributed by atoms with Gasteiger partial charge in [0, 0.05) is 0 Å². The fraction of sp³-hybridized carbons (Fsp3) is 0.263. The highest BCUT2D eigenvalue weighted by atomic mass is 16.5. The van der Waals surface area contributed by atoms with Crippen LogP contribution in [0.3, 0.4) is 0 Å². The first kappa shape index (κ1) is 16.8. The Kier molecular flexibility index (Phi) is 4.88. The first-order chi connectivity index (χ1) is 12.1. The molecule has 0 bridgehead atoms. The lowest BCUT2D eigenvalue weighted by Gasteiger charge is -2.11. The van der Waals surface area contributed by atoms with Crippen LogP contribution in [0.4, 0.5) is 0 Å². The van der Waals surface area contributed by atoms with Gasteiger partial charge in [-0.15, -0.1) is 0 Å². The van der Waals surface area contributed by atoms with Gasteiger partial charge in [0.15, 0.2) is 0 Å². The van der Waals surface area contributed by atoms with E-state index in [2.05, 4.69) is 4.98 Å². The number of hydrogen-bond donors (Lipinski definition) is 1.